The Balaban J connectivity index is 1.33. The number of aromatic nitrogens is 1. The molecule has 1 aliphatic rings. The first-order chi connectivity index (χ1) is 16.5. The standard InChI is InChI=1S/C27H26FN3O2S/c1-19-17-29(11-12-30(19)25(32)15-20-6-3-2-4-7-20)26(33)24-16-22-10-13-34-27(22)31(24)18-21-8-5-9-23(28)14-21/h2-10,13-14,16,19H,11-12,15,17-18H2,1H3. The lowest BCUT2D eigenvalue weighted by Gasteiger charge is -2.40. The first-order valence-electron chi connectivity index (χ1n) is 11.4. The Hall–Kier alpha value is -3.45. The van der Waals surface area contributed by atoms with Crippen LogP contribution in [0.2, 0.25) is 0 Å². The van der Waals surface area contributed by atoms with Crippen molar-refractivity contribution in [3.8, 4) is 0 Å². The van der Waals surface area contributed by atoms with E-state index in [0.29, 0.717) is 38.3 Å². The van der Waals surface area contributed by atoms with Crippen molar-refractivity contribution < 1.29 is 14.0 Å². The molecule has 1 fully saturated rings. The van der Waals surface area contributed by atoms with Gasteiger partial charge < -0.3 is 14.4 Å². The van der Waals surface area contributed by atoms with Crippen molar-refractivity contribution in [1.82, 2.24) is 14.4 Å². The molecule has 1 saturated heterocycles. The summed E-state index contributed by atoms with van der Waals surface area (Å²) in [5.41, 5.74) is 2.40. The van der Waals surface area contributed by atoms with Crippen LogP contribution < -0.4 is 0 Å². The number of hydrogen-bond acceptors (Lipinski definition) is 3. The molecule has 5 rings (SSSR count). The summed E-state index contributed by atoms with van der Waals surface area (Å²) in [5.74, 6) is -0.257. The third-order valence-electron chi connectivity index (χ3n) is 6.38. The van der Waals surface area contributed by atoms with Crippen LogP contribution in [0.5, 0.6) is 0 Å². The van der Waals surface area contributed by atoms with Gasteiger partial charge in [-0.3, -0.25) is 9.59 Å². The lowest BCUT2D eigenvalue weighted by molar-refractivity contribution is -0.134. The molecule has 3 heterocycles. The number of fused-ring (bicyclic) bond motifs is 1. The van der Waals surface area contributed by atoms with Crippen LogP contribution in [0.1, 0.15) is 28.5 Å². The van der Waals surface area contributed by atoms with E-state index < -0.39 is 0 Å². The van der Waals surface area contributed by atoms with Crippen molar-refractivity contribution in [2.45, 2.75) is 25.9 Å². The van der Waals surface area contributed by atoms with Crippen LogP contribution in [0, 0.1) is 5.82 Å². The smallest absolute Gasteiger partial charge is 0.270 e. The number of thiophene rings is 1. The molecule has 0 aliphatic carbocycles. The zero-order valence-corrected chi connectivity index (χ0v) is 19.8. The Bertz CT molecular complexity index is 1330. The number of amides is 2. The highest BCUT2D eigenvalue weighted by molar-refractivity contribution is 7.16. The van der Waals surface area contributed by atoms with E-state index in [-0.39, 0.29) is 23.7 Å². The molecule has 2 amide bonds. The average Bonchev–Trinajstić information content (AvgIpc) is 3.42. The van der Waals surface area contributed by atoms with Gasteiger partial charge in [-0.05, 0) is 47.7 Å². The first-order valence-corrected chi connectivity index (χ1v) is 12.3. The molecule has 0 N–H and O–H groups in total. The molecule has 2 aromatic heterocycles. The van der Waals surface area contributed by atoms with Crippen LogP contribution in [-0.2, 0) is 17.8 Å². The third-order valence-corrected chi connectivity index (χ3v) is 7.34. The minimum atomic E-state index is -0.287. The van der Waals surface area contributed by atoms with Crippen molar-refractivity contribution in [1.29, 1.82) is 0 Å². The summed E-state index contributed by atoms with van der Waals surface area (Å²) in [6.07, 6.45) is 0.367. The van der Waals surface area contributed by atoms with E-state index in [4.69, 9.17) is 0 Å². The van der Waals surface area contributed by atoms with Crippen LogP contribution in [0.4, 0.5) is 4.39 Å². The van der Waals surface area contributed by atoms with Gasteiger partial charge in [-0.2, -0.15) is 0 Å². The lowest BCUT2D eigenvalue weighted by atomic mass is 10.1. The van der Waals surface area contributed by atoms with Crippen LogP contribution in [0.15, 0.2) is 72.1 Å². The van der Waals surface area contributed by atoms with Crippen LogP contribution in [0.25, 0.3) is 10.2 Å². The minimum absolute atomic E-state index is 0.0539. The molecule has 4 aromatic rings. The molecule has 0 bridgehead atoms. The summed E-state index contributed by atoms with van der Waals surface area (Å²) < 4.78 is 15.7. The number of hydrogen-bond donors (Lipinski definition) is 0. The molecule has 0 radical (unpaired) electrons. The van der Waals surface area contributed by atoms with Crippen molar-refractivity contribution >= 4 is 33.4 Å². The van der Waals surface area contributed by atoms with E-state index >= 15 is 0 Å². The van der Waals surface area contributed by atoms with Gasteiger partial charge in [0.25, 0.3) is 5.91 Å². The fourth-order valence-corrected chi connectivity index (χ4v) is 5.57. The topological polar surface area (TPSA) is 45.6 Å². The summed E-state index contributed by atoms with van der Waals surface area (Å²) in [5, 5.41) is 3.01. The Morgan fingerprint density at radius 3 is 2.56 bits per heavy atom. The largest absolute Gasteiger partial charge is 0.336 e. The second-order valence-corrected chi connectivity index (χ2v) is 9.67. The highest BCUT2D eigenvalue weighted by atomic mass is 32.1. The van der Waals surface area contributed by atoms with Gasteiger partial charge in [-0.15, -0.1) is 11.3 Å². The Kier molecular flexibility index (Phi) is 6.20. The zero-order valence-electron chi connectivity index (χ0n) is 19.0. The van der Waals surface area contributed by atoms with Gasteiger partial charge in [0.05, 0.1) is 6.42 Å². The van der Waals surface area contributed by atoms with Gasteiger partial charge in [-0.25, -0.2) is 4.39 Å². The Morgan fingerprint density at radius 1 is 1.00 bits per heavy atom. The number of benzene rings is 2. The molecular formula is C27H26FN3O2S. The normalized spacial score (nSPS) is 16.2. The van der Waals surface area contributed by atoms with Gasteiger partial charge in [0.2, 0.25) is 5.91 Å². The maximum atomic E-state index is 13.8. The summed E-state index contributed by atoms with van der Waals surface area (Å²) in [7, 11) is 0. The highest BCUT2D eigenvalue weighted by Crippen LogP contribution is 2.28. The van der Waals surface area contributed by atoms with E-state index in [2.05, 4.69) is 0 Å². The first kappa shape index (κ1) is 22.3. The van der Waals surface area contributed by atoms with E-state index in [9.17, 15) is 14.0 Å². The van der Waals surface area contributed by atoms with Crippen molar-refractivity contribution in [2.75, 3.05) is 19.6 Å². The van der Waals surface area contributed by atoms with E-state index in [1.54, 1.807) is 17.4 Å². The number of rotatable bonds is 5. The molecule has 5 nitrogen and oxygen atoms in total. The minimum Gasteiger partial charge on any atom is -0.336 e. The zero-order chi connectivity index (χ0) is 23.7. The predicted molar refractivity (Wildman–Crippen MR) is 133 cm³/mol. The van der Waals surface area contributed by atoms with E-state index in [0.717, 1.165) is 21.3 Å². The SMILES string of the molecule is CC1CN(C(=O)c2cc3ccsc3n2Cc2cccc(F)c2)CCN1C(=O)Cc1ccccc1. The third kappa shape index (κ3) is 4.48. The molecule has 0 spiro atoms. The Morgan fingerprint density at radius 2 is 1.79 bits per heavy atom. The van der Waals surface area contributed by atoms with Gasteiger partial charge in [0.15, 0.2) is 0 Å². The van der Waals surface area contributed by atoms with Crippen molar-refractivity contribution in [2.24, 2.45) is 0 Å². The summed E-state index contributed by atoms with van der Waals surface area (Å²) in [6.45, 7) is 3.90. The Labute approximate surface area is 202 Å². The number of nitrogens with zero attached hydrogens (tertiary/aromatic N) is 3. The maximum Gasteiger partial charge on any atom is 0.270 e. The monoisotopic (exact) mass is 475 g/mol. The number of carbonyl (C=O) groups is 2. The average molecular weight is 476 g/mol. The lowest BCUT2D eigenvalue weighted by Crippen LogP contribution is -2.56. The molecule has 2 aromatic carbocycles. The van der Waals surface area contributed by atoms with Crippen molar-refractivity contribution in [3.05, 3.63) is 94.7 Å². The van der Waals surface area contributed by atoms with Gasteiger partial charge in [0, 0.05) is 37.6 Å². The molecule has 1 unspecified atom stereocenters. The second kappa shape index (κ2) is 9.43. The van der Waals surface area contributed by atoms with Crippen molar-refractivity contribution in [3.63, 3.8) is 0 Å². The quantitative estimate of drug-likeness (QED) is 0.416. The number of carbonyl (C=O) groups excluding carboxylic acids is 2. The summed E-state index contributed by atoms with van der Waals surface area (Å²) >= 11 is 1.57. The summed E-state index contributed by atoms with van der Waals surface area (Å²) in [6, 6.07) is 20.1. The highest BCUT2D eigenvalue weighted by Gasteiger charge is 2.31. The van der Waals surface area contributed by atoms with Gasteiger partial charge >= 0.3 is 0 Å². The fraction of sp³-hybridized carbons (Fsp3) is 0.259. The van der Waals surface area contributed by atoms with Crippen LogP contribution in [0.3, 0.4) is 0 Å². The van der Waals surface area contributed by atoms with Gasteiger partial charge in [-0.1, -0.05) is 42.5 Å². The van der Waals surface area contributed by atoms with E-state index in [1.165, 1.54) is 12.1 Å². The molecule has 1 aliphatic heterocycles. The fourth-order valence-electron chi connectivity index (χ4n) is 4.67. The molecule has 0 saturated carbocycles. The second-order valence-electron chi connectivity index (χ2n) is 8.78. The van der Waals surface area contributed by atoms with Crippen LogP contribution in [-0.4, -0.2) is 51.9 Å². The predicted octanol–water partition coefficient (Wildman–Crippen LogP) is 4.81. The van der Waals surface area contributed by atoms with E-state index in [1.807, 2.05) is 75.2 Å². The van der Waals surface area contributed by atoms with Gasteiger partial charge in [0.1, 0.15) is 16.3 Å². The number of piperazine rings is 1. The molecular weight excluding hydrogens is 449 g/mol. The number of halogens is 1. The maximum absolute atomic E-state index is 13.8. The molecule has 174 valence electrons. The molecule has 34 heavy (non-hydrogen) atoms. The molecule has 1 atom stereocenters. The van der Waals surface area contributed by atoms with Crippen LogP contribution >= 0.6 is 11.3 Å². The summed E-state index contributed by atoms with van der Waals surface area (Å²) in [4.78, 5) is 31.2. The molecule has 7 heteroatoms.